The fourth-order valence-electron chi connectivity index (χ4n) is 1.69. The molecule has 0 aromatic carbocycles. The lowest BCUT2D eigenvalue weighted by atomic mass is 10.1. The Morgan fingerprint density at radius 1 is 1.50 bits per heavy atom. The van der Waals surface area contributed by atoms with E-state index in [1.54, 1.807) is 13.1 Å². The van der Waals surface area contributed by atoms with Gasteiger partial charge < -0.3 is 16.0 Å². The number of hydrogen-bond acceptors (Lipinski definition) is 5. The molecule has 1 aliphatic rings. The summed E-state index contributed by atoms with van der Waals surface area (Å²) in [6, 6.07) is -0.211. The Bertz CT molecular complexity index is 389. The second kappa shape index (κ2) is 8.60. The largest absolute Gasteiger partial charge is 0.359 e. The molecule has 0 spiro atoms. The Hall–Kier alpha value is -1.54. The van der Waals surface area contributed by atoms with Crippen molar-refractivity contribution < 1.29 is 14.4 Å². The van der Waals surface area contributed by atoms with Crippen molar-refractivity contribution in [3.8, 4) is 0 Å². The average Bonchev–Trinajstić information content (AvgIpc) is 2.42. The Kier molecular flexibility index (Phi) is 7.10. The van der Waals surface area contributed by atoms with E-state index < -0.39 is 0 Å². The van der Waals surface area contributed by atoms with Gasteiger partial charge in [-0.25, -0.2) is 0 Å². The lowest BCUT2D eigenvalue weighted by molar-refractivity contribution is -0.125. The molecule has 0 aromatic rings. The molecule has 20 heavy (non-hydrogen) atoms. The van der Waals surface area contributed by atoms with E-state index in [2.05, 4.69) is 27.8 Å². The Balaban J connectivity index is 2.37. The number of carbonyl (C=O) groups is 3. The smallest absolute Gasteiger partial charge is 0.230 e. The zero-order valence-corrected chi connectivity index (χ0v) is 12.2. The van der Waals surface area contributed by atoms with Crippen LogP contribution < -0.4 is 21.3 Å². The van der Waals surface area contributed by atoms with Gasteiger partial charge in [0.1, 0.15) is 5.50 Å². The quantitative estimate of drug-likeness (QED) is 0.448. The topological polar surface area (TPSA) is 99.3 Å². The van der Waals surface area contributed by atoms with Gasteiger partial charge in [-0.15, -0.1) is 18.3 Å². The van der Waals surface area contributed by atoms with E-state index in [0.717, 1.165) is 0 Å². The molecule has 2 atom stereocenters. The maximum atomic E-state index is 11.6. The van der Waals surface area contributed by atoms with E-state index in [0.29, 0.717) is 6.54 Å². The van der Waals surface area contributed by atoms with Crippen molar-refractivity contribution in [2.24, 2.45) is 0 Å². The van der Waals surface area contributed by atoms with Crippen molar-refractivity contribution in [1.29, 1.82) is 0 Å². The minimum Gasteiger partial charge on any atom is -0.359 e. The molecule has 1 fully saturated rings. The van der Waals surface area contributed by atoms with E-state index in [-0.39, 0.29) is 47.9 Å². The zero-order valence-electron chi connectivity index (χ0n) is 11.4. The van der Waals surface area contributed by atoms with E-state index in [1.165, 1.54) is 11.8 Å². The number of rotatable bonds is 7. The van der Waals surface area contributed by atoms with Crippen LogP contribution >= 0.6 is 11.8 Å². The third kappa shape index (κ3) is 6.07. The highest BCUT2D eigenvalue weighted by Crippen LogP contribution is 2.13. The molecule has 1 saturated heterocycles. The second-order valence-corrected chi connectivity index (χ2v) is 5.39. The minimum absolute atomic E-state index is 0.121. The number of hydrogen-bond donors (Lipinski definition) is 4. The lowest BCUT2D eigenvalue weighted by Gasteiger charge is -2.30. The van der Waals surface area contributed by atoms with Crippen molar-refractivity contribution in [3.05, 3.63) is 12.7 Å². The summed E-state index contributed by atoms with van der Waals surface area (Å²) in [5.74, 6) is -0.149. The minimum atomic E-state index is -0.361. The third-order valence-electron chi connectivity index (χ3n) is 2.65. The zero-order chi connectivity index (χ0) is 15.0. The first-order valence-electron chi connectivity index (χ1n) is 6.30. The number of carbonyl (C=O) groups excluding carboxylic acids is 3. The molecule has 2 unspecified atom stereocenters. The van der Waals surface area contributed by atoms with Gasteiger partial charge in [0.05, 0.1) is 5.75 Å². The van der Waals surface area contributed by atoms with Gasteiger partial charge in [0.25, 0.3) is 0 Å². The van der Waals surface area contributed by atoms with Crippen LogP contribution in [0.15, 0.2) is 12.7 Å². The maximum absolute atomic E-state index is 11.6. The highest BCUT2D eigenvalue weighted by molar-refractivity contribution is 8.00. The highest BCUT2D eigenvalue weighted by Gasteiger charge is 2.27. The summed E-state index contributed by atoms with van der Waals surface area (Å²) in [5.41, 5.74) is -0.361. The van der Waals surface area contributed by atoms with Crippen LogP contribution in [0.4, 0.5) is 0 Å². The molecule has 0 saturated carbocycles. The van der Waals surface area contributed by atoms with Crippen molar-refractivity contribution in [2.45, 2.75) is 24.4 Å². The van der Waals surface area contributed by atoms with Crippen molar-refractivity contribution >= 4 is 29.5 Å². The van der Waals surface area contributed by atoms with Gasteiger partial charge in [0, 0.05) is 32.5 Å². The predicted molar refractivity (Wildman–Crippen MR) is 77.8 cm³/mol. The van der Waals surface area contributed by atoms with Gasteiger partial charge >= 0.3 is 0 Å². The third-order valence-corrected chi connectivity index (χ3v) is 3.66. The van der Waals surface area contributed by atoms with E-state index >= 15 is 0 Å². The molecule has 0 aliphatic carbocycles. The van der Waals surface area contributed by atoms with E-state index in [1.807, 2.05) is 0 Å². The molecule has 7 nitrogen and oxygen atoms in total. The van der Waals surface area contributed by atoms with Crippen LogP contribution in [0.2, 0.25) is 0 Å². The summed E-state index contributed by atoms with van der Waals surface area (Å²) < 4.78 is 0. The molecular weight excluding hydrogens is 280 g/mol. The van der Waals surface area contributed by atoms with E-state index in [4.69, 9.17) is 0 Å². The van der Waals surface area contributed by atoms with Gasteiger partial charge in [0.15, 0.2) is 0 Å². The number of nitrogens with one attached hydrogen (secondary N) is 4. The maximum Gasteiger partial charge on any atom is 0.230 e. The van der Waals surface area contributed by atoms with Gasteiger partial charge in [-0.2, -0.15) is 0 Å². The van der Waals surface area contributed by atoms with Crippen LogP contribution in [-0.4, -0.2) is 48.6 Å². The second-order valence-electron chi connectivity index (χ2n) is 4.30. The molecule has 0 radical (unpaired) electrons. The summed E-state index contributed by atoms with van der Waals surface area (Å²) in [4.78, 5) is 34.3. The van der Waals surface area contributed by atoms with Crippen molar-refractivity contribution in [1.82, 2.24) is 21.3 Å². The molecule has 0 bridgehead atoms. The molecule has 1 rings (SSSR count). The molecule has 3 amide bonds. The first-order chi connectivity index (χ1) is 9.55. The molecule has 4 N–H and O–H groups in total. The van der Waals surface area contributed by atoms with Crippen LogP contribution in [0.5, 0.6) is 0 Å². The number of thioether (sulfide) groups is 1. The van der Waals surface area contributed by atoms with Crippen molar-refractivity contribution in [3.63, 3.8) is 0 Å². The summed E-state index contributed by atoms with van der Waals surface area (Å²) in [5, 5.41) is 11.0. The first-order valence-corrected chi connectivity index (χ1v) is 7.35. The Morgan fingerprint density at radius 3 is 2.90 bits per heavy atom. The normalized spacial score (nSPS) is 21.8. The standard InChI is InChI=1S/C12H20N4O3S/c1-3-4-14-11(19)7-20-12-15-8(5-9(17)13-2)6-10(18)16-12/h3,8,12,15H,1,4-7H2,2H3,(H,13,17)(H,14,19)(H,16,18). The summed E-state index contributed by atoms with van der Waals surface area (Å²) in [6.45, 7) is 3.93. The lowest BCUT2D eigenvalue weighted by Crippen LogP contribution is -2.56. The summed E-state index contributed by atoms with van der Waals surface area (Å²) >= 11 is 1.28. The van der Waals surface area contributed by atoms with E-state index in [9.17, 15) is 14.4 Å². The molecular formula is C12H20N4O3S. The average molecular weight is 300 g/mol. The molecule has 1 heterocycles. The van der Waals surface area contributed by atoms with Gasteiger partial charge in [-0.3, -0.25) is 19.7 Å². The highest BCUT2D eigenvalue weighted by atomic mass is 32.2. The van der Waals surface area contributed by atoms with Gasteiger partial charge in [-0.1, -0.05) is 6.08 Å². The molecule has 1 aliphatic heterocycles. The summed E-state index contributed by atoms with van der Waals surface area (Å²) in [7, 11) is 1.56. The SMILES string of the molecule is C=CCNC(=O)CSC1NC(=O)CC(CC(=O)NC)N1. The van der Waals surface area contributed by atoms with Crippen molar-refractivity contribution in [2.75, 3.05) is 19.3 Å². The summed E-state index contributed by atoms with van der Waals surface area (Å²) in [6.07, 6.45) is 2.10. The molecule has 112 valence electrons. The monoisotopic (exact) mass is 300 g/mol. The number of amides is 3. The molecule has 0 aromatic heterocycles. The van der Waals surface area contributed by atoms with Crippen LogP contribution in [0.3, 0.4) is 0 Å². The van der Waals surface area contributed by atoms with Crippen LogP contribution in [0.25, 0.3) is 0 Å². The molecule has 8 heteroatoms. The van der Waals surface area contributed by atoms with Gasteiger partial charge in [-0.05, 0) is 0 Å². The van der Waals surface area contributed by atoms with Crippen LogP contribution in [-0.2, 0) is 14.4 Å². The van der Waals surface area contributed by atoms with Gasteiger partial charge in [0.2, 0.25) is 17.7 Å². The van der Waals surface area contributed by atoms with Crippen LogP contribution in [0.1, 0.15) is 12.8 Å². The Labute approximate surface area is 122 Å². The fraction of sp³-hybridized carbons (Fsp3) is 0.583. The Morgan fingerprint density at radius 2 is 2.25 bits per heavy atom. The fourth-order valence-corrected chi connectivity index (χ4v) is 2.61. The first kappa shape index (κ1) is 16.5. The van der Waals surface area contributed by atoms with Crippen LogP contribution in [0, 0.1) is 0 Å². The predicted octanol–water partition coefficient (Wildman–Crippen LogP) is -1.08.